The van der Waals surface area contributed by atoms with Crippen molar-refractivity contribution in [3.05, 3.63) is 59.7 Å². The number of hydrogen-bond acceptors (Lipinski definition) is 5. The van der Waals surface area contributed by atoms with Crippen LogP contribution in [0.15, 0.2) is 48.5 Å². The van der Waals surface area contributed by atoms with Gasteiger partial charge in [-0.2, -0.15) is 0 Å². The van der Waals surface area contributed by atoms with Crippen molar-refractivity contribution < 1.29 is 24.2 Å². The lowest BCUT2D eigenvalue weighted by Crippen LogP contribution is -2.39. The van der Waals surface area contributed by atoms with Crippen molar-refractivity contribution in [1.82, 2.24) is 10.6 Å². The number of aliphatic hydroxyl groups is 1. The summed E-state index contributed by atoms with van der Waals surface area (Å²) in [6.07, 6.45) is -0.771. The number of benzene rings is 2. The van der Waals surface area contributed by atoms with Crippen LogP contribution in [0.1, 0.15) is 22.8 Å². The Bertz CT molecular complexity index is 834. The first-order valence-electron chi connectivity index (χ1n) is 8.68. The molecule has 0 saturated heterocycles. The second kappa shape index (κ2) is 10.1. The molecule has 4 N–H and O–H groups in total. The molecule has 0 bridgehead atoms. The van der Waals surface area contributed by atoms with Gasteiger partial charge in [-0.3, -0.25) is 14.4 Å². The molecule has 0 aliphatic heterocycles. The number of nitrogens with one attached hydrogen (secondary N) is 3. The van der Waals surface area contributed by atoms with Crippen LogP contribution in [-0.4, -0.2) is 42.6 Å². The molecule has 2 aromatic rings. The van der Waals surface area contributed by atoms with Crippen LogP contribution in [0.2, 0.25) is 0 Å². The highest BCUT2D eigenvalue weighted by Crippen LogP contribution is 2.16. The van der Waals surface area contributed by atoms with E-state index >= 15 is 0 Å². The molecule has 0 unspecified atom stereocenters. The SMILES string of the molecule is COc1ccc(CNC(=O)c2ccccc2NC(=O)C(=O)NC[C@@H](C)O)cc1. The fourth-order valence-corrected chi connectivity index (χ4v) is 2.31. The predicted octanol–water partition coefficient (Wildman–Crippen LogP) is 1.06. The standard InChI is InChI=1S/C20H23N3O5/c1-13(24)11-21-19(26)20(27)23-17-6-4-3-5-16(17)18(25)22-12-14-7-9-15(28-2)10-8-14/h3-10,13,24H,11-12H2,1-2H3,(H,21,26)(H,22,25)(H,23,27)/t13-/m1/s1. The van der Waals surface area contributed by atoms with Gasteiger partial charge in [-0.1, -0.05) is 24.3 Å². The average molecular weight is 385 g/mol. The van der Waals surface area contributed by atoms with E-state index in [0.29, 0.717) is 6.54 Å². The minimum Gasteiger partial charge on any atom is -0.497 e. The molecule has 2 aromatic carbocycles. The van der Waals surface area contributed by atoms with Gasteiger partial charge >= 0.3 is 11.8 Å². The summed E-state index contributed by atoms with van der Waals surface area (Å²) in [5, 5.41) is 16.6. The van der Waals surface area contributed by atoms with Crippen molar-refractivity contribution in [1.29, 1.82) is 0 Å². The van der Waals surface area contributed by atoms with E-state index in [0.717, 1.165) is 11.3 Å². The first kappa shape index (κ1) is 20.9. The van der Waals surface area contributed by atoms with E-state index < -0.39 is 23.8 Å². The van der Waals surface area contributed by atoms with E-state index in [4.69, 9.17) is 9.84 Å². The van der Waals surface area contributed by atoms with Crippen LogP contribution in [0, 0.1) is 0 Å². The first-order chi connectivity index (χ1) is 13.4. The molecule has 0 radical (unpaired) electrons. The molecule has 2 rings (SSSR count). The Hall–Kier alpha value is -3.39. The summed E-state index contributed by atoms with van der Waals surface area (Å²) in [5.74, 6) is -1.49. The summed E-state index contributed by atoms with van der Waals surface area (Å²) in [6, 6.07) is 13.6. The average Bonchev–Trinajstić information content (AvgIpc) is 2.70. The number of carbonyl (C=O) groups excluding carboxylic acids is 3. The summed E-state index contributed by atoms with van der Waals surface area (Å²) in [4.78, 5) is 36.2. The summed E-state index contributed by atoms with van der Waals surface area (Å²) in [6.45, 7) is 1.73. The van der Waals surface area contributed by atoms with E-state index in [-0.39, 0.29) is 17.8 Å². The van der Waals surface area contributed by atoms with Crippen molar-refractivity contribution >= 4 is 23.4 Å². The molecule has 3 amide bonds. The fourth-order valence-electron chi connectivity index (χ4n) is 2.31. The minimum atomic E-state index is -0.920. The number of anilines is 1. The summed E-state index contributed by atoms with van der Waals surface area (Å²) >= 11 is 0. The highest BCUT2D eigenvalue weighted by Gasteiger charge is 2.18. The second-order valence-electron chi connectivity index (χ2n) is 6.09. The largest absolute Gasteiger partial charge is 0.497 e. The highest BCUT2D eigenvalue weighted by molar-refractivity contribution is 6.40. The van der Waals surface area contributed by atoms with E-state index in [9.17, 15) is 14.4 Å². The molecule has 0 heterocycles. The number of methoxy groups -OCH3 is 1. The maximum atomic E-state index is 12.5. The van der Waals surface area contributed by atoms with Crippen molar-refractivity contribution in [2.75, 3.05) is 19.0 Å². The zero-order valence-electron chi connectivity index (χ0n) is 15.7. The minimum absolute atomic E-state index is 0.0454. The molecule has 148 valence electrons. The lowest BCUT2D eigenvalue weighted by Gasteiger charge is -2.12. The normalized spacial score (nSPS) is 11.2. The predicted molar refractivity (Wildman–Crippen MR) is 104 cm³/mol. The zero-order chi connectivity index (χ0) is 20.5. The zero-order valence-corrected chi connectivity index (χ0v) is 15.7. The summed E-state index contributed by atoms with van der Waals surface area (Å²) < 4.78 is 5.09. The van der Waals surface area contributed by atoms with E-state index in [1.165, 1.54) is 13.0 Å². The number of ether oxygens (including phenoxy) is 1. The summed E-state index contributed by atoms with van der Waals surface area (Å²) in [7, 11) is 1.58. The maximum Gasteiger partial charge on any atom is 0.313 e. The van der Waals surface area contributed by atoms with Gasteiger partial charge in [0, 0.05) is 13.1 Å². The molecule has 0 aliphatic carbocycles. The van der Waals surface area contributed by atoms with Crippen LogP contribution in [0.3, 0.4) is 0 Å². The van der Waals surface area contributed by atoms with Crippen LogP contribution >= 0.6 is 0 Å². The van der Waals surface area contributed by atoms with Crippen LogP contribution < -0.4 is 20.7 Å². The lowest BCUT2D eigenvalue weighted by atomic mass is 10.1. The van der Waals surface area contributed by atoms with Crippen LogP contribution in [-0.2, 0) is 16.1 Å². The quantitative estimate of drug-likeness (QED) is 0.532. The number of rotatable bonds is 7. The monoisotopic (exact) mass is 385 g/mol. The molecule has 0 spiro atoms. The number of amides is 3. The van der Waals surface area contributed by atoms with Crippen molar-refractivity contribution in [3.8, 4) is 5.75 Å². The smallest absolute Gasteiger partial charge is 0.313 e. The van der Waals surface area contributed by atoms with Gasteiger partial charge in [-0.15, -0.1) is 0 Å². The molecule has 1 atom stereocenters. The fraction of sp³-hybridized carbons (Fsp3) is 0.250. The number of para-hydroxylation sites is 1. The van der Waals surface area contributed by atoms with Crippen LogP contribution in [0.4, 0.5) is 5.69 Å². The Morgan fingerprint density at radius 1 is 1.00 bits per heavy atom. The Balaban J connectivity index is 2.00. The van der Waals surface area contributed by atoms with E-state index in [1.54, 1.807) is 37.4 Å². The first-order valence-corrected chi connectivity index (χ1v) is 8.68. The van der Waals surface area contributed by atoms with Gasteiger partial charge in [0.2, 0.25) is 0 Å². The van der Waals surface area contributed by atoms with Crippen molar-refractivity contribution in [2.24, 2.45) is 0 Å². The molecule has 0 aromatic heterocycles. The van der Waals surface area contributed by atoms with Crippen molar-refractivity contribution in [3.63, 3.8) is 0 Å². The van der Waals surface area contributed by atoms with Gasteiger partial charge in [0.15, 0.2) is 0 Å². The van der Waals surface area contributed by atoms with Gasteiger partial charge in [0.05, 0.1) is 24.5 Å². The molecule has 8 nitrogen and oxygen atoms in total. The maximum absolute atomic E-state index is 12.5. The Labute approximate surface area is 162 Å². The van der Waals surface area contributed by atoms with Crippen LogP contribution in [0.5, 0.6) is 5.75 Å². The van der Waals surface area contributed by atoms with E-state index in [1.807, 2.05) is 12.1 Å². The molecule has 0 aliphatic rings. The Morgan fingerprint density at radius 2 is 1.68 bits per heavy atom. The Kier molecular flexibility index (Phi) is 7.53. The molecular formula is C20H23N3O5. The van der Waals surface area contributed by atoms with Gasteiger partial charge in [0.25, 0.3) is 5.91 Å². The van der Waals surface area contributed by atoms with E-state index in [2.05, 4.69) is 16.0 Å². The number of hydrogen-bond donors (Lipinski definition) is 4. The third kappa shape index (κ3) is 6.10. The molecule has 8 heteroatoms. The van der Waals surface area contributed by atoms with Gasteiger partial charge in [0.1, 0.15) is 5.75 Å². The van der Waals surface area contributed by atoms with Crippen LogP contribution in [0.25, 0.3) is 0 Å². The van der Waals surface area contributed by atoms with Gasteiger partial charge < -0.3 is 25.8 Å². The molecule has 28 heavy (non-hydrogen) atoms. The van der Waals surface area contributed by atoms with Gasteiger partial charge in [-0.05, 0) is 36.8 Å². The lowest BCUT2D eigenvalue weighted by molar-refractivity contribution is -0.136. The Morgan fingerprint density at radius 3 is 2.32 bits per heavy atom. The summed E-state index contributed by atoms with van der Waals surface area (Å²) in [5.41, 5.74) is 1.33. The topological polar surface area (TPSA) is 117 Å². The van der Waals surface area contributed by atoms with Gasteiger partial charge in [-0.25, -0.2) is 0 Å². The van der Waals surface area contributed by atoms with Crippen molar-refractivity contribution in [2.45, 2.75) is 19.6 Å². The second-order valence-corrected chi connectivity index (χ2v) is 6.09. The third-order valence-electron chi connectivity index (χ3n) is 3.80. The number of carbonyl (C=O) groups is 3. The molecule has 0 fully saturated rings. The molecular weight excluding hydrogens is 362 g/mol. The number of aliphatic hydroxyl groups excluding tert-OH is 1. The molecule has 0 saturated carbocycles. The third-order valence-corrected chi connectivity index (χ3v) is 3.80. The highest BCUT2D eigenvalue weighted by atomic mass is 16.5.